The summed E-state index contributed by atoms with van der Waals surface area (Å²) < 4.78 is 0. The van der Waals surface area contributed by atoms with E-state index in [1.165, 1.54) is 0 Å². The summed E-state index contributed by atoms with van der Waals surface area (Å²) in [6.45, 7) is 4.75. The van der Waals surface area contributed by atoms with Crippen LogP contribution in [0, 0.1) is 0 Å². The van der Waals surface area contributed by atoms with Crippen LogP contribution >= 0.6 is 0 Å². The Kier molecular flexibility index (Phi) is 4.74. The molecule has 1 saturated heterocycles. The summed E-state index contributed by atoms with van der Waals surface area (Å²) in [5.74, 6) is -0.116. The monoisotopic (exact) mass is 262 g/mol. The van der Waals surface area contributed by atoms with Crippen molar-refractivity contribution in [3.05, 3.63) is 24.0 Å². The SMILES string of the molecule is CCNC(=O)c1cc(NC2CCN(C)CC2)ccn1. The summed E-state index contributed by atoms with van der Waals surface area (Å²) in [5.41, 5.74) is 1.45. The van der Waals surface area contributed by atoms with E-state index in [2.05, 4.69) is 27.6 Å². The van der Waals surface area contributed by atoms with Gasteiger partial charge in [0, 0.05) is 24.5 Å². The maximum atomic E-state index is 11.7. The minimum Gasteiger partial charge on any atom is -0.382 e. The summed E-state index contributed by atoms with van der Waals surface area (Å²) >= 11 is 0. The highest BCUT2D eigenvalue weighted by molar-refractivity contribution is 5.93. The molecule has 19 heavy (non-hydrogen) atoms. The van der Waals surface area contributed by atoms with E-state index in [1.54, 1.807) is 6.20 Å². The van der Waals surface area contributed by atoms with E-state index in [-0.39, 0.29) is 5.91 Å². The molecule has 0 aromatic carbocycles. The predicted molar refractivity (Wildman–Crippen MR) is 76.4 cm³/mol. The van der Waals surface area contributed by atoms with Crippen LogP contribution in [0.3, 0.4) is 0 Å². The van der Waals surface area contributed by atoms with Gasteiger partial charge in [0.2, 0.25) is 0 Å². The standard InChI is InChI=1S/C14H22N4O/c1-3-15-14(19)13-10-12(4-7-16-13)17-11-5-8-18(2)9-6-11/h4,7,10-11H,3,5-6,8-9H2,1-2H3,(H,15,19)(H,16,17). The fourth-order valence-electron chi connectivity index (χ4n) is 2.28. The molecule has 2 N–H and O–H groups in total. The summed E-state index contributed by atoms with van der Waals surface area (Å²) in [6.07, 6.45) is 3.95. The highest BCUT2D eigenvalue weighted by atomic mass is 16.1. The van der Waals surface area contributed by atoms with Crippen molar-refractivity contribution in [2.45, 2.75) is 25.8 Å². The number of likely N-dealkylation sites (tertiary alicyclic amines) is 1. The molecule has 0 unspecified atom stereocenters. The van der Waals surface area contributed by atoms with Gasteiger partial charge in [-0.2, -0.15) is 0 Å². The molecule has 1 amide bonds. The van der Waals surface area contributed by atoms with Gasteiger partial charge < -0.3 is 15.5 Å². The molecule has 2 heterocycles. The molecule has 1 aromatic heterocycles. The predicted octanol–water partition coefficient (Wildman–Crippen LogP) is 1.34. The van der Waals surface area contributed by atoms with Crippen molar-refractivity contribution in [3.63, 3.8) is 0 Å². The average Bonchev–Trinajstić information content (AvgIpc) is 2.42. The summed E-state index contributed by atoms with van der Waals surface area (Å²) in [4.78, 5) is 18.2. The maximum absolute atomic E-state index is 11.7. The van der Waals surface area contributed by atoms with E-state index in [9.17, 15) is 4.79 Å². The maximum Gasteiger partial charge on any atom is 0.269 e. The Morgan fingerprint density at radius 3 is 2.89 bits per heavy atom. The lowest BCUT2D eigenvalue weighted by Crippen LogP contribution is -2.36. The molecule has 0 aliphatic carbocycles. The number of anilines is 1. The minimum atomic E-state index is -0.116. The number of carbonyl (C=O) groups excluding carboxylic acids is 1. The highest BCUT2D eigenvalue weighted by Gasteiger charge is 2.16. The van der Waals surface area contributed by atoms with Crippen molar-refractivity contribution >= 4 is 11.6 Å². The van der Waals surface area contributed by atoms with Crippen molar-refractivity contribution < 1.29 is 4.79 Å². The van der Waals surface area contributed by atoms with Gasteiger partial charge >= 0.3 is 0 Å². The van der Waals surface area contributed by atoms with E-state index in [0.29, 0.717) is 18.3 Å². The molecule has 0 spiro atoms. The number of hydrogen-bond acceptors (Lipinski definition) is 4. The van der Waals surface area contributed by atoms with Crippen LogP contribution in [0.5, 0.6) is 0 Å². The van der Waals surface area contributed by atoms with Gasteiger partial charge in [0.1, 0.15) is 5.69 Å². The van der Waals surface area contributed by atoms with Crippen molar-refractivity contribution in [1.29, 1.82) is 0 Å². The smallest absolute Gasteiger partial charge is 0.269 e. The second-order valence-electron chi connectivity index (χ2n) is 5.01. The van der Waals surface area contributed by atoms with Gasteiger partial charge in [-0.3, -0.25) is 9.78 Å². The number of aromatic nitrogens is 1. The van der Waals surface area contributed by atoms with Crippen LogP contribution in [0.15, 0.2) is 18.3 Å². The van der Waals surface area contributed by atoms with Gasteiger partial charge in [-0.25, -0.2) is 0 Å². The van der Waals surface area contributed by atoms with E-state index >= 15 is 0 Å². The Bertz CT molecular complexity index is 427. The number of amides is 1. The first kappa shape index (κ1) is 13.8. The number of nitrogens with one attached hydrogen (secondary N) is 2. The van der Waals surface area contributed by atoms with Crippen LogP contribution in [0.4, 0.5) is 5.69 Å². The summed E-state index contributed by atoms with van der Waals surface area (Å²) in [7, 11) is 2.15. The van der Waals surface area contributed by atoms with Crippen LogP contribution in [-0.4, -0.2) is 48.5 Å². The number of pyridine rings is 1. The van der Waals surface area contributed by atoms with Gasteiger partial charge in [-0.1, -0.05) is 0 Å². The number of carbonyl (C=O) groups is 1. The quantitative estimate of drug-likeness (QED) is 0.859. The van der Waals surface area contributed by atoms with Crippen molar-refractivity contribution in [1.82, 2.24) is 15.2 Å². The van der Waals surface area contributed by atoms with E-state index in [4.69, 9.17) is 0 Å². The average molecular weight is 262 g/mol. The molecule has 5 nitrogen and oxygen atoms in total. The van der Waals surface area contributed by atoms with Crippen LogP contribution in [0.1, 0.15) is 30.3 Å². The largest absolute Gasteiger partial charge is 0.382 e. The molecule has 5 heteroatoms. The molecular weight excluding hydrogens is 240 g/mol. The highest BCUT2D eigenvalue weighted by Crippen LogP contribution is 2.16. The number of piperidine rings is 1. The fraction of sp³-hybridized carbons (Fsp3) is 0.571. The first-order valence-corrected chi connectivity index (χ1v) is 6.88. The molecule has 0 bridgehead atoms. The number of hydrogen-bond donors (Lipinski definition) is 2. The Balaban J connectivity index is 1.97. The zero-order chi connectivity index (χ0) is 13.7. The molecule has 1 aromatic rings. The lowest BCUT2D eigenvalue weighted by molar-refractivity contribution is 0.0951. The van der Waals surface area contributed by atoms with Crippen LogP contribution in [-0.2, 0) is 0 Å². The first-order valence-electron chi connectivity index (χ1n) is 6.88. The van der Waals surface area contributed by atoms with E-state index in [1.807, 2.05) is 19.1 Å². The Labute approximate surface area is 114 Å². The molecule has 0 radical (unpaired) electrons. The lowest BCUT2D eigenvalue weighted by Gasteiger charge is -2.30. The molecule has 1 aliphatic rings. The first-order chi connectivity index (χ1) is 9.19. The Hall–Kier alpha value is -1.62. The third-order valence-corrected chi connectivity index (χ3v) is 3.42. The zero-order valence-corrected chi connectivity index (χ0v) is 11.6. The minimum absolute atomic E-state index is 0.116. The molecule has 104 valence electrons. The Morgan fingerprint density at radius 2 is 2.21 bits per heavy atom. The van der Waals surface area contributed by atoms with Crippen LogP contribution in [0.25, 0.3) is 0 Å². The molecule has 1 aliphatic heterocycles. The van der Waals surface area contributed by atoms with Crippen molar-refractivity contribution in [2.75, 3.05) is 32.0 Å². The van der Waals surface area contributed by atoms with Gasteiger partial charge in [-0.05, 0) is 52.0 Å². The summed E-state index contributed by atoms with van der Waals surface area (Å²) in [5, 5.41) is 6.25. The van der Waals surface area contributed by atoms with Crippen LogP contribution in [0.2, 0.25) is 0 Å². The number of nitrogens with zero attached hydrogens (tertiary/aromatic N) is 2. The van der Waals surface area contributed by atoms with E-state index in [0.717, 1.165) is 31.6 Å². The molecule has 1 fully saturated rings. The number of rotatable bonds is 4. The zero-order valence-electron chi connectivity index (χ0n) is 11.6. The van der Waals surface area contributed by atoms with E-state index < -0.39 is 0 Å². The van der Waals surface area contributed by atoms with Gasteiger partial charge in [0.25, 0.3) is 5.91 Å². The fourth-order valence-corrected chi connectivity index (χ4v) is 2.28. The topological polar surface area (TPSA) is 57.3 Å². The van der Waals surface area contributed by atoms with Crippen molar-refractivity contribution in [2.24, 2.45) is 0 Å². The third kappa shape index (κ3) is 3.92. The molecule has 0 atom stereocenters. The van der Waals surface area contributed by atoms with Crippen molar-refractivity contribution in [3.8, 4) is 0 Å². The lowest BCUT2D eigenvalue weighted by atomic mass is 10.1. The normalized spacial score (nSPS) is 17.2. The summed E-state index contributed by atoms with van der Waals surface area (Å²) in [6, 6.07) is 4.23. The van der Waals surface area contributed by atoms with Gasteiger partial charge in [0.05, 0.1) is 0 Å². The second kappa shape index (κ2) is 6.52. The Morgan fingerprint density at radius 1 is 1.47 bits per heavy atom. The van der Waals surface area contributed by atoms with Gasteiger partial charge in [-0.15, -0.1) is 0 Å². The van der Waals surface area contributed by atoms with Crippen LogP contribution < -0.4 is 10.6 Å². The van der Waals surface area contributed by atoms with Gasteiger partial charge in [0.15, 0.2) is 0 Å². The molecule has 0 saturated carbocycles. The second-order valence-corrected chi connectivity index (χ2v) is 5.01. The molecule has 2 rings (SSSR count). The molecular formula is C14H22N4O. The third-order valence-electron chi connectivity index (χ3n) is 3.42.